The molecule has 2 saturated carbocycles. The fourth-order valence-electron chi connectivity index (χ4n) is 11.3. The molecule has 2 fully saturated rings. The van der Waals surface area contributed by atoms with Crippen molar-refractivity contribution >= 4 is 105 Å². The maximum absolute atomic E-state index is 4.20. The lowest BCUT2D eigenvalue weighted by molar-refractivity contribution is 0.189. The van der Waals surface area contributed by atoms with Gasteiger partial charge in [-0.3, -0.25) is 0 Å². The van der Waals surface area contributed by atoms with E-state index < -0.39 is 7.92 Å². The van der Waals surface area contributed by atoms with Gasteiger partial charge in [-0.1, -0.05) is 110 Å². The quantitative estimate of drug-likeness (QED) is 0.175. The topological polar surface area (TPSA) is 0 Å². The Kier molecular flexibility index (Phi) is 10.9. The Morgan fingerprint density at radius 3 is 1.24 bits per heavy atom. The third kappa shape index (κ3) is 5.79. The van der Waals surface area contributed by atoms with Crippen molar-refractivity contribution in [1.29, 1.82) is 0 Å². The van der Waals surface area contributed by atoms with Crippen LogP contribution in [0.15, 0.2) is 49.8 Å². The van der Waals surface area contributed by atoms with Crippen LogP contribution < -0.4 is 15.9 Å². The standard InChI is InChI=1S/C32H38BrPS.C16H20Br2S/c1-18-12-10-13-19(2)28(18)34(29-20(3)14-11-15-21(29)4)30-23(6)35-22(5)25(30)26-27(33)24-16-17-32(26,9)31(24,7)8;1-8-11(13(17)9(2)19-8)12-14(18)10-6-7-16(12,5)15(10,3)4/h10-15,24H,16-17H2,1-9H3;10H,6-7H2,1-5H3. The van der Waals surface area contributed by atoms with Crippen molar-refractivity contribution in [3.8, 4) is 0 Å². The van der Waals surface area contributed by atoms with Crippen LogP contribution in [0, 0.1) is 88.9 Å². The number of thiophene rings is 2. The summed E-state index contributed by atoms with van der Waals surface area (Å²) in [7, 11) is -0.692. The SMILES string of the molecule is Cc1cccc(C)c1P(c1c(C)cccc1C)c1c(C)sc(C)c1C1=C(Br)C2CCC1(C)C2(C)C.Cc1sc(C)c(C2=C(Br)C3CCC2(C)C3(C)C)c1Br. The van der Waals surface area contributed by atoms with Crippen LogP contribution in [0.3, 0.4) is 0 Å². The Hall–Kier alpha value is -0.810. The van der Waals surface area contributed by atoms with Crippen LogP contribution in [0.1, 0.15) is 120 Å². The Balaban J connectivity index is 0.000000199. The summed E-state index contributed by atoms with van der Waals surface area (Å²) in [5.74, 6) is 1.32. The van der Waals surface area contributed by atoms with Crippen molar-refractivity contribution in [2.45, 2.75) is 123 Å². The monoisotopic (exact) mass is 966 g/mol. The number of aryl methyl sites for hydroxylation is 8. The zero-order valence-electron chi connectivity index (χ0n) is 34.8. The van der Waals surface area contributed by atoms with Crippen LogP contribution >= 0.6 is 78.4 Å². The molecule has 4 unspecified atom stereocenters. The van der Waals surface area contributed by atoms with Gasteiger partial charge in [0.05, 0.1) is 0 Å². The molecule has 4 atom stereocenters. The van der Waals surface area contributed by atoms with Gasteiger partial charge in [0.2, 0.25) is 0 Å². The number of hydrogen-bond acceptors (Lipinski definition) is 2. The van der Waals surface area contributed by atoms with Crippen molar-refractivity contribution in [2.24, 2.45) is 33.5 Å². The summed E-state index contributed by atoms with van der Waals surface area (Å²) in [6.45, 7) is 33.4. The fraction of sp³-hybridized carbons (Fsp3) is 0.500. The summed E-state index contributed by atoms with van der Waals surface area (Å²) >= 11 is 15.9. The first-order valence-electron chi connectivity index (χ1n) is 19.7. The van der Waals surface area contributed by atoms with Crippen molar-refractivity contribution in [1.82, 2.24) is 0 Å². The van der Waals surface area contributed by atoms with E-state index in [1.165, 1.54) is 86.4 Å². The third-order valence-corrected chi connectivity index (χ3v) is 23.8. The molecule has 0 radical (unpaired) electrons. The van der Waals surface area contributed by atoms with Crippen LogP contribution in [-0.2, 0) is 0 Å². The van der Waals surface area contributed by atoms with Crippen LogP contribution in [-0.4, -0.2) is 0 Å². The molecule has 0 amide bonds. The Labute approximate surface area is 361 Å². The highest BCUT2D eigenvalue weighted by Gasteiger charge is 2.62. The van der Waals surface area contributed by atoms with Crippen molar-refractivity contribution < 1.29 is 0 Å². The molecular weight excluding hydrogens is 911 g/mol. The summed E-state index contributed by atoms with van der Waals surface area (Å²) in [6.07, 6.45) is 5.23. The predicted octanol–water partition coefficient (Wildman–Crippen LogP) is 15.6. The summed E-state index contributed by atoms with van der Waals surface area (Å²) in [5, 5.41) is 4.70. The van der Waals surface area contributed by atoms with E-state index in [4.69, 9.17) is 0 Å². The molecule has 2 heterocycles. The maximum Gasteiger partial charge on any atom is 0.0390 e. The molecule has 288 valence electrons. The van der Waals surface area contributed by atoms with E-state index in [0.29, 0.717) is 22.7 Å². The van der Waals surface area contributed by atoms with Gasteiger partial charge in [0.1, 0.15) is 0 Å². The molecule has 2 aromatic heterocycles. The number of fused-ring (bicyclic) bond motifs is 4. The first-order valence-corrected chi connectivity index (χ1v) is 25.1. The minimum absolute atomic E-state index is 0.200. The number of halogens is 3. The second-order valence-electron chi connectivity index (χ2n) is 18.4. The van der Waals surface area contributed by atoms with Gasteiger partial charge in [0.15, 0.2) is 0 Å². The number of rotatable bonds is 5. The van der Waals surface area contributed by atoms with Crippen LogP contribution in [0.25, 0.3) is 11.1 Å². The van der Waals surface area contributed by atoms with E-state index in [0.717, 1.165) is 0 Å². The Morgan fingerprint density at radius 2 is 0.889 bits per heavy atom. The van der Waals surface area contributed by atoms with Gasteiger partial charge >= 0.3 is 0 Å². The summed E-state index contributed by atoms with van der Waals surface area (Å²) in [5.41, 5.74) is 13.0. The third-order valence-electron chi connectivity index (χ3n) is 15.1. The molecule has 4 aromatic rings. The molecule has 0 nitrogen and oxygen atoms in total. The highest BCUT2D eigenvalue weighted by molar-refractivity contribution is 9.12. The highest BCUT2D eigenvalue weighted by Crippen LogP contribution is 2.73. The molecule has 4 aliphatic carbocycles. The predicted molar refractivity (Wildman–Crippen MR) is 254 cm³/mol. The lowest BCUT2D eigenvalue weighted by Gasteiger charge is -2.38. The minimum atomic E-state index is -0.692. The zero-order chi connectivity index (χ0) is 39.6. The van der Waals surface area contributed by atoms with Crippen LogP contribution in [0.2, 0.25) is 0 Å². The molecule has 0 N–H and O–H groups in total. The van der Waals surface area contributed by atoms with E-state index >= 15 is 0 Å². The number of hydrogen-bond donors (Lipinski definition) is 0. The van der Waals surface area contributed by atoms with E-state index in [2.05, 4.69) is 181 Å². The van der Waals surface area contributed by atoms with Gasteiger partial charge in [-0.2, -0.15) is 0 Å². The largest absolute Gasteiger partial charge is 0.145 e. The van der Waals surface area contributed by atoms with Gasteiger partial charge < -0.3 is 0 Å². The average molecular weight is 970 g/mol. The Morgan fingerprint density at radius 1 is 0.519 bits per heavy atom. The molecule has 54 heavy (non-hydrogen) atoms. The van der Waals surface area contributed by atoms with Gasteiger partial charge in [-0.05, 0) is 182 Å². The van der Waals surface area contributed by atoms with Gasteiger partial charge in [0, 0.05) is 49.4 Å². The van der Waals surface area contributed by atoms with E-state index in [9.17, 15) is 0 Å². The normalized spacial score (nSPS) is 26.4. The van der Waals surface area contributed by atoms with Gasteiger partial charge in [0.25, 0.3) is 0 Å². The van der Waals surface area contributed by atoms with Crippen molar-refractivity contribution in [3.05, 3.63) is 103 Å². The minimum Gasteiger partial charge on any atom is -0.145 e. The molecule has 8 rings (SSSR count). The zero-order valence-corrected chi connectivity index (χ0v) is 42.1. The van der Waals surface area contributed by atoms with E-state index in [-0.39, 0.29) is 10.8 Å². The molecule has 6 heteroatoms. The molecule has 0 spiro atoms. The molecule has 4 aliphatic rings. The van der Waals surface area contributed by atoms with Gasteiger partial charge in [-0.15, -0.1) is 22.7 Å². The number of allylic oxidation sites excluding steroid dienone is 4. The van der Waals surface area contributed by atoms with E-state index in [1.807, 2.05) is 22.7 Å². The van der Waals surface area contributed by atoms with Gasteiger partial charge in [-0.25, -0.2) is 0 Å². The van der Waals surface area contributed by atoms with E-state index in [1.54, 1.807) is 32.6 Å². The summed E-state index contributed by atoms with van der Waals surface area (Å²) in [6, 6.07) is 13.7. The number of benzene rings is 2. The molecule has 2 aromatic carbocycles. The fourth-order valence-corrected chi connectivity index (χ4v) is 20.6. The lowest BCUT2D eigenvalue weighted by atomic mass is 9.66. The Bertz CT molecular complexity index is 2170. The average Bonchev–Trinajstić information content (AvgIpc) is 3.74. The summed E-state index contributed by atoms with van der Waals surface area (Å²) in [4.78, 5) is 5.82. The first-order chi connectivity index (χ1) is 25.1. The lowest BCUT2D eigenvalue weighted by Crippen LogP contribution is -2.33. The molecular formula is C48H58Br3PS2. The highest BCUT2D eigenvalue weighted by atomic mass is 79.9. The smallest absolute Gasteiger partial charge is 0.0390 e. The van der Waals surface area contributed by atoms with Crippen molar-refractivity contribution in [2.75, 3.05) is 0 Å². The molecule has 0 saturated heterocycles. The first kappa shape index (κ1) is 41.4. The molecule has 0 aliphatic heterocycles. The summed E-state index contributed by atoms with van der Waals surface area (Å²) < 4.78 is 4.26. The van der Waals surface area contributed by atoms with Crippen LogP contribution in [0.5, 0.6) is 0 Å². The second-order valence-corrected chi connectivity index (χ2v) is 25.8. The molecule has 4 bridgehead atoms. The maximum atomic E-state index is 4.20. The van der Waals surface area contributed by atoms with Crippen molar-refractivity contribution in [3.63, 3.8) is 0 Å². The van der Waals surface area contributed by atoms with Crippen LogP contribution in [0.4, 0.5) is 0 Å². The second kappa shape index (κ2) is 14.2.